The normalized spacial score (nSPS) is 18.6. The maximum atomic E-state index is 6.30. The Bertz CT molecular complexity index is 1140. The first kappa shape index (κ1) is 18.9. The van der Waals surface area contributed by atoms with E-state index in [1.807, 2.05) is 66.7 Å². The molecule has 7 heteroatoms. The lowest BCUT2D eigenvalue weighted by molar-refractivity contribution is 0.253. The van der Waals surface area contributed by atoms with Gasteiger partial charge in [0.2, 0.25) is 0 Å². The van der Waals surface area contributed by atoms with Gasteiger partial charge in [-0.05, 0) is 72.9 Å². The molecule has 1 fully saturated rings. The van der Waals surface area contributed by atoms with Crippen LogP contribution in [0.4, 0.5) is 0 Å². The van der Waals surface area contributed by atoms with Gasteiger partial charge in [0.05, 0.1) is 24.5 Å². The lowest BCUT2D eigenvalue weighted by atomic mass is 10.0. The highest BCUT2D eigenvalue weighted by Gasteiger charge is 2.42. The highest BCUT2D eigenvalue weighted by Crippen LogP contribution is 2.41. The Hall–Kier alpha value is -3.09. The van der Waals surface area contributed by atoms with E-state index in [1.165, 1.54) is 0 Å². The molecule has 4 aromatic rings. The van der Waals surface area contributed by atoms with Crippen LogP contribution in [0, 0.1) is 0 Å². The summed E-state index contributed by atoms with van der Waals surface area (Å²) in [6.45, 7) is 0.532. The van der Waals surface area contributed by atoms with Crippen molar-refractivity contribution in [2.75, 3.05) is 0 Å². The van der Waals surface area contributed by atoms with Crippen molar-refractivity contribution < 1.29 is 8.83 Å². The summed E-state index contributed by atoms with van der Waals surface area (Å²) in [5, 5.41) is 4.74. The topological polar surface area (TPSA) is 54.4 Å². The minimum atomic E-state index is -0.168. The van der Waals surface area contributed by atoms with Gasteiger partial charge in [-0.1, -0.05) is 17.7 Å². The van der Waals surface area contributed by atoms with Crippen molar-refractivity contribution in [2.24, 2.45) is 0 Å². The molecule has 0 saturated carbocycles. The Kier molecular flexibility index (Phi) is 5.02. The third-order valence-electron chi connectivity index (χ3n) is 5.15. The second-order valence-electron chi connectivity index (χ2n) is 7.04. The number of thiocarbonyl (C=S) groups is 1. The van der Waals surface area contributed by atoms with Gasteiger partial charge in [0, 0.05) is 16.8 Å². The molecule has 0 spiro atoms. The zero-order valence-corrected chi connectivity index (χ0v) is 17.4. The molecule has 5 rings (SSSR count). The summed E-state index contributed by atoms with van der Waals surface area (Å²) in [6.07, 6.45) is 3.45. The van der Waals surface area contributed by atoms with E-state index in [0.717, 1.165) is 28.5 Å². The van der Waals surface area contributed by atoms with Gasteiger partial charge in [-0.25, -0.2) is 0 Å². The quantitative estimate of drug-likeness (QED) is 0.402. The molecule has 0 aliphatic carbocycles. The molecule has 150 valence electrons. The van der Waals surface area contributed by atoms with Gasteiger partial charge in [0.15, 0.2) is 5.11 Å². The Balaban J connectivity index is 1.53. The van der Waals surface area contributed by atoms with E-state index in [2.05, 4.69) is 15.2 Å². The molecule has 0 radical (unpaired) electrons. The van der Waals surface area contributed by atoms with Crippen LogP contribution >= 0.6 is 23.8 Å². The van der Waals surface area contributed by atoms with Crippen LogP contribution in [0.5, 0.6) is 0 Å². The van der Waals surface area contributed by atoms with Crippen LogP contribution in [-0.4, -0.2) is 15.0 Å². The molecule has 0 amide bonds. The van der Waals surface area contributed by atoms with Gasteiger partial charge in [-0.15, -0.1) is 0 Å². The summed E-state index contributed by atoms with van der Waals surface area (Å²) >= 11 is 11.7. The van der Waals surface area contributed by atoms with Crippen LogP contribution in [-0.2, 0) is 6.54 Å². The maximum Gasteiger partial charge on any atom is 0.170 e. The standard InChI is InChI=1S/C23H18ClN3O2S/c24-16-8-6-15(7-9-16)19-10-11-20(29-19)22-21(18-5-1-2-12-25-18)26-23(30)27(22)14-17-4-3-13-28-17/h1-13,21-22H,14H2,(H,26,30). The van der Waals surface area contributed by atoms with E-state index < -0.39 is 0 Å². The lowest BCUT2D eigenvalue weighted by Crippen LogP contribution is -2.28. The van der Waals surface area contributed by atoms with Crippen LogP contribution in [0.1, 0.15) is 29.3 Å². The van der Waals surface area contributed by atoms with E-state index in [9.17, 15) is 0 Å². The monoisotopic (exact) mass is 435 g/mol. The van der Waals surface area contributed by atoms with Gasteiger partial charge in [0.25, 0.3) is 0 Å². The SMILES string of the molecule is S=C1NC(c2ccccn2)C(c2ccc(-c3ccc(Cl)cc3)o2)N1Cc1ccco1. The lowest BCUT2D eigenvalue weighted by Gasteiger charge is -2.25. The Morgan fingerprint density at radius 2 is 1.90 bits per heavy atom. The first-order valence-corrected chi connectivity index (χ1v) is 10.3. The number of rotatable bonds is 5. The highest BCUT2D eigenvalue weighted by molar-refractivity contribution is 7.80. The average Bonchev–Trinajstić information content (AvgIpc) is 3.51. The van der Waals surface area contributed by atoms with Gasteiger partial charge in [0.1, 0.15) is 23.3 Å². The molecule has 5 nitrogen and oxygen atoms in total. The van der Waals surface area contributed by atoms with Crippen LogP contribution in [0.15, 0.2) is 88.0 Å². The fraction of sp³-hybridized carbons (Fsp3) is 0.130. The first-order valence-electron chi connectivity index (χ1n) is 9.55. The summed E-state index contributed by atoms with van der Waals surface area (Å²) in [4.78, 5) is 6.63. The van der Waals surface area contributed by atoms with Crippen molar-refractivity contribution in [1.82, 2.24) is 15.2 Å². The zero-order chi connectivity index (χ0) is 20.5. The third kappa shape index (κ3) is 3.60. The van der Waals surface area contributed by atoms with Crippen molar-refractivity contribution in [1.29, 1.82) is 0 Å². The van der Waals surface area contributed by atoms with Gasteiger partial charge in [-0.3, -0.25) is 4.98 Å². The predicted molar refractivity (Wildman–Crippen MR) is 119 cm³/mol. The van der Waals surface area contributed by atoms with E-state index in [4.69, 9.17) is 32.7 Å². The van der Waals surface area contributed by atoms with E-state index in [0.29, 0.717) is 16.7 Å². The van der Waals surface area contributed by atoms with Crippen LogP contribution in [0.2, 0.25) is 5.02 Å². The second kappa shape index (κ2) is 7.97. The highest BCUT2D eigenvalue weighted by atomic mass is 35.5. The largest absolute Gasteiger partial charge is 0.467 e. The van der Waals surface area contributed by atoms with E-state index >= 15 is 0 Å². The van der Waals surface area contributed by atoms with Crippen molar-refractivity contribution in [3.8, 4) is 11.3 Å². The Labute approximate surface area is 184 Å². The minimum Gasteiger partial charge on any atom is -0.467 e. The number of pyridine rings is 1. The fourth-order valence-electron chi connectivity index (χ4n) is 3.74. The zero-order valence-electron chi connectivity index (χ0n) is 15.9. The van der Waals surface area contributed by atoms with Gasteiger partial charge >= 0.3 is 0 Å². The van der Waals surface area contributed by atoms with Crippen LogP contribution in [0.25, 0.3) is 11.3 Å². The summed E-state index contributed by atoms with van der Waals surface area (Å²) < 4.78 is 11.9. The van der Waals surface area contributed by atoms with Crippen molar-refractivity contribution >= 4 is 28.9 Å². The molecule has 2 unspecified atom stereocenters. The fourth-order valence-corrected chi connectivity index (χ4v) is 4.17. The number of aromatic nitrogens is 1. The molecule has 2 atom stereocenters. The third-order valence-corrected chi connectivity index (χ3v) is 5.76. The molecule has 30 heavy (non-hydrogen) atoms. The summed E-state index contributed by atoms with van der Waals surface area (Å²) in [6, 6.07) is 20.9. The Morgan fingerprint density at radius 3 is 2.63 bits per heavy atom. The van der Waals surface area contributed by atoms with Gasteiger partial charge in [-0.2, -0.15) is 0 Å². The molecule has 3 aromatic heterocycles. The summed E-state index contributed by atoms with van der Waals surface area (Å²) in [5.41, 5.74) is 1.86. The number of nitrogens with zero attached hydrogens (tertiary/aromatic N) is 2. The first-order chi connectivity index (χ1) is 14.7. The summed E-state index contributed by atoms with van der Waals surface area (Å²) in [5.74, 6) is 2.40. The average molecular weight is 436 g/mol. The number of hydrogen-bond acceptors (Lipinski definition) is 4. The van der Waals surface area contributed by atoms with Gasteiger partial charge < -0.3 is 19.1 Å². The van der Waals surface area contributed by atoms with Crippen molar-refractivity contribution in [3.63, 3.8) is 0 Å². The molecule has 1 saturated heterocycles. The molecule has 1 aliphatic rings. The number of halogens is 1. The smallest absolute Gasteiger partial charge is 0.170 e. The summed E-state index contributed by atoms with van der Waals surface area (Å²) in [7, 11) is 0. The molecular weight excluding hydrogens is 418 g/mol. The van der Waals surface area contributed by atoms with E-state index in [1.54, 1.807) is 12.5 Å². The van der Waals surface area contributed by atoms with E-state index in [-0.39, 0.29) is 12.1 Å². The maximum absolute atomic E-state index is 6.30. The predicted octanol–water partition coefficient (Wildman–Crippen LogP) is 5.76. The molecule has 1 aliphatic heterocycles. The van der Waals surface area contributed by atoms with Crippen molar-refractivity contribution in [2.45, 2.75) is 18.6 Å². The number of benzene rings is 1. The minimum absolute atomic E-state index is 0.141. The van der Waals surface area contributed by atoms with Crippen molar-refractivity contribution in [3.05, 3.63) is 101 Å². The number of nitrogens with one attached hydrogen (secondary N) is 1. The number of furan rings is 2. The molecule has 4 heterocycles. The Morgan fingerprint density at radius 1 is 1.03 bits per heavy atom. The molecule has 0 bridgehead atoms. The van der Waals surface area contributed by atoms with Crippen LogP contribution < -0.4 is 5.32 Å². The molecule has 1 N–H and O–H groups in total. The second-order valence-corrected chi connectivity index (χ2v) is 7.87. The number of hydrogen-bond donors (Lipinski definition) is 1. The molecular formula is C23H18ClN3O2S. The molecule has 1 aromatic carbocycles. The van der Waals surface area contributed by atoms with Crippen LogP contribution in [0.3, 0.4) is 0 Å².